The fourth-order valence-electron chi connectivity index (χ4n) is 5.80. The second-order valence-electron chi connectivity index (χ2n) is 10.7. The van der Waals surface area contributed by atoms with Crippen molar-refractivity contribution < 1.29 is 23.7 Å². The summed E-state index contributed by atoms with van der Waals surface area (Å²) < 4.78 is 22.2. The number of carbonyl (C=O) groups is 1. The van der Waals surface area contributed by atoms with Crippen molar-refractivity contribution in [1.29, 1.82) is 0 Å². The van der Waals surface area contributed by atoms with Gasteiger partial charge in [0.05, 0.1) is 14.2 Å². The average molecular weight is 572 g/mol. The van der Waals surface area contributed by atoms with Crippen molar-refractivity contribution in [3.8, 4) is 17.2 Å². The van der Waals surface area contributed by atoms with E-state index < -0.39 is 0 Å². The van der Waals surface area contributed by atoms with Crippen LogP contribution in [0.2, 0.25) is 0 Å². The number of anilines is 1. The van der Waals surface area contributed by atoms with Crippen LogP contribution in [0.3, 0.4) is 0 Å². The fourth-order valence-corrected chi connectivity index (χ4v) is 5.80. The number of methoxy groups -OCH3 is 3. The largest absolute Gasteiger partial charge is 0.497 e. The zero-order chi connectivity index (χ0) is 29.3. The van der Waals surface area contributed by atoms with E-state index >= 15 is 0 Å². The van der Waals surface area contributed by atoms with E-state index in [9.17, 15) is 4.79 Å². The number of nitrogens with one attached hydrogen (secondary N) is 2. The van der Waals surface area contributed by atoms with Crippen molar-refractivity contribution in [2.45, 2.75) is 25.4 Å². The Balaban J connectivity index is 1.27. The quantitative estimate of drug-likeness (QED) is 0.286. The molecule has 1 amide bonds. The maximum Gasteiger partial charge on any atom is 0.248 e. The van der Waals surface area contributed by atoms with Crippen LogP contribution in [-0.4, -0.2) is 66.6 Å². The van der Waals surface area contributed by atoms with E-state index in [1.54, 1.807) is 21.3 Å². The number of ether oxygens (including phenoxy) is 4. The highest BCUT2D eigenvalue weighted by atomic mass is 16.5. The molecule has 0 spiro atoms. The van der Waals surface area contributed by atoms with Crippen molar-refractivity contribution in [2.24, 2.45) is 0 Å². The summed E-state index contributed by atoms with van der Waals surface area (Å²) in [7, 11) is 5.01. The van der Waals surface area contributed by atoms with Gasteiger partial charge < -0.3 is 34.5 Å². The number of hydrogen-bond acceptors (Lipinski definition) is 7. The second kappa shape index (κ2) is 14.2. The van der Waals surface area contributed by atoms with Gasteiger partial charge in [-0.1, -0.05) is 30.3 Å². The van der Waals surface area contributed by atoms with Gasteiger partial charge in [0.2, 0.25) is 5.91 Å². The molecule has 0 saturated heterocycles. The predicted molar refractivity (Wildman–Crippen MR) is 166 cm³/mol. The van der Waals surface area contributed by atoms with E-state index in [-0.39, 0.29) is 11.8 Å². The summed E-state index contributed by atoms with van der Waals surface area (Å²) in [4.78, 5) is 16.0. The highest BCUT2D eigenvalue weighted by molar-refractivity contribution is 6.02. The lowest BCUT2D eigenvalue weighted by atomic mass is 9.93. The van der Waals surface area contributed by atoms with Gasteiger partial charge in [-0.2, -0.15) is 0 Å². The average Bonchev–Trinajstić information content (AvgIpc) is 3.40. The van der Waals surface area contributed by atoms with Gasteiger partial charge in [0.25, 0.3) is 0 Å². The number of carbonyl (C=O) groups excluding carboxylic acids is 1. The smallest absolute Gasteiger partial charge is 0.248 e. The molecule has 8 nitrogen and oxygen atoms in total. The van der Waals surface area contributed by atoms with Crippen LogP contribution < -0.4 is 29.7 Å². The first-order valence-corrected chi connectivity index (χ1v) is 14.6. The maximum absolute atomic E-state index is 13.6. The van der Waals surface area contributed by atoms with Gasteiger partial charge in [0, 0.05) is 63.1 Å². The minimum Gasteiger partial charge on any atom is -0.497 e. The van der Waals surface area contributed by atoms with Crippen molar-refractivity contribution in [2.75, 3.05) is 65.6 Å². The molecule has 0 fully saturated rings. The van der Waals surface area contributed by atoms with Crippen LogP contribution in [0.25, 0.3) is 5.57 Å². The highest BCUT2D eigenvalue weighted by Gasteiger charge is 2.29. The van der Waals surface area contributed by atoms with Crippen LogP contribution in [0.15, 0.2) is 72.3 Å². The Kier molecular flexibility index (Phi) is 10.0. The summed E-state index contributed by atoms with van der Waals surface area (Å²) >= 11 is 0. The van der Waals surface area contributed by atoms with Crippen LogP contribution in [-0.2, 0) is 16.1 Å². The van der Waals surface area contributed by atoms with E-state index in [2.05, 4.69) is 45.9 Å². The lowest BCUT2D eigenvalue weighted by Crippen LogP contribution is -2.37. The van der Waals surface area contributed by atoms with Gasteiger partial charge in [-0.3, -0.25) is 4.79 Å². The summed E-state index contributed by atoms with van der Waals surface area (Å²) in [5.74, 6) is 2.42. The zero-order valence-corrected chi connectivity index (χ0v) is 24.8. The Morgan fingerprint density at radius 3 is 2.57 bits per heavy atom. The van der Waals surface area contributed by atoms with Gasteiger partial charge in [-0.25, -0.2) is 0 Å². The Morgan fingerprint density at radius 2 is 1.79 bits per heavy atom. The molecule has 2 N–H and O–H groups in total. The Morgan fingerprint density at radius 1 is 0.976 bits per heavy atom. The number of para-hydroxylation sites is 1. The number of amides is 1. The summed E-state index contributed by atoms with van der Waals surface area (Å²) in [6.07, 6.45) is 1.75. The summed E-state index contributed by atoms with van der Waals surface area (Å²) in [5, 5.41) is 6.65. The van der Waals surface area contributed by atoms with Crippen LogP contribution in [0, 0.1) is 0 Å². The van der Waals surface area contributed by atoms with Gasteiger partial charge in [0.15, 0.2) is 0 Å². The molecule has 1 unspecified atom stereocenters. The molecule has 1 atom stereocenters. The third-order valence-electron chi connectivity index (χ3n) is 7.93. The third kappa shape index (κ3) is 7.06. The number of rotatable bonds is 13. The van der Waals surface area contributed by atoms with Gasteiger partial charge >= 0.3 is 0 Å². The molecule has 0 aliphatic carbocycles. The lowest BCUT2D eigenvalue weighted by Gasteiger charge is -2.23. The first-order valence-electron chi connectivity index (χ1n) is 14.6. The number of fused-ring (bicyclic) bond motifs is 1. The van der Waals surface area contributed by atoms with Crippen molar-refractivity contribution >= 4 is 17.2 Å². The van der Waals surface area contributed by atoms with E-state index in [4.69, 9.17) is 18.9 Å². The number of hydrogen-bond donors (Lipinski definition) is 2. The van der Waals surface area contributed by atoms with Crippen LogP contribution in [0.4, 0.5) is 5.69 Å². The van der Waals surface area contributed by atoms with Crippen LogP contribution in [0.1, 0.15) is 35.4 Å². The Hall–Kier alpha value is -4.01. The van der Waals surface area contributed by atoms with Crippen LogP contribution >= 0.6 is 0 Å². The highest BCUT2D eigenvalue weighted by Crippen LogP contribution is 2.36. The topological polar surface area (TPSA) is 81.3 Å². The Bertz CT molecular complexity index is 1380. The molecule has 2 heterocycles. The van der Waals surface area contributed by atoms with Gasteiger partial charge in [-0.15, -0.1) is 0 Å². The summed E-state index contributed by atoms with van der Waals surface area (Å²) in [5.41, 5.74) is 6.37. The molecular formula is C34H41N3O5. The van der Waals surface area contributed by atoms with Crippen LogP contribution in [0.5, 0.6) is 17.2 Å². The normalized spacial score (nSPS) is 16.3. The molecule has 3 aromatic rings. The zero-order valence-electron chi connectivity index (χ0n) is 24.8. The maximum atomic E-state index is 13.6. The predicted octanol–water partition coefficient (Wildman–Crippen LogP) is 4.79. The van der Waals surface area contributed by atoms with Crippen molar-refractivity contribution in [3.63, 3.8) is 0 Å². The van der Waals surface area contributed by atoms with Crippen molar-refractivity contribution in [1.82, 2.24) is 10.6 Å². The molecule has 3 aromatic carbocycles. The van der Waals surface area contributed by atoms with Crippen molar-refractivity contribution in [3.05, 3.63) is 89.0 Å². The molecule has 0 aromatic heterocycles. The first-order chi connectivity index (χ1) is 20.6. The molecule has 5 rings (SSSR count). The van der Waals surface area contributed by atoms with Gasteiger partial charge in [0.1, 0.15) is 23.9 Å². The SMILES string of the molecule is COCCCN1CC(CNC(=O)C2=C(c3cccc(OCc4cc(OC)cc(OC)c4)c3)CCNC2)c2ccccc21. The minimum absolute atomic E-state index is 0.0117. The first kappa shape index (κ1) is 29.5. The molecule has 8 heteroatoms. The standard InChI is InChI=1S/C34H41N3O5/c1-39-15-7-14-37-22-26(31-10-4-5-11-33(31)37)20-36-34(38)32-21-35-13-12-30(32)25-8-6-9-27(18-25)42-23-24-16-28(40-2)19-29(17-24)41-3/h4-6,8-11,16-19,26,35H,7,12-15,20-23H2,1-3H3,(H,36,38). The molecule has 0 radical (unpaired) electrons. The molecule has 2 aliphatic rings. The molecule has 0 bridgehead atoms. The lowest BCUT2D eigenvalue weighted by molar-refractivity contribution is -0.117. The molecule has 222 valence electrons. The number of nitrogens with zero attached hydrogens (tertiary/aromatic N) is 1. The van der Waals surface area contributed by atoms with E-state index in [1.165, 1.54) is 11.3 Å². The molecule has 42 heavy (non-hydrogen) atoms. The van der Waals surface area contributed by atoms with E-state index in [0.29, 0.717) is 19.7 Å². The summed E-state index contributed by atoms with van der Waals surface area (Å²) in [6, 6.07) is 22.2. The molecule has 2 aliphatic heterocycles. The molecule has 0 saturated carbocycles. The summed E-state index contributed by atoms with van der Waals surface area (Å²) in [6.45, 7) is 4.92. The second-order valence-corrected chi connectivity index (χ2v) is 10.7. The van der Waals surface area contributed by atoms with E-state index in [1.807, 2.05) is 36.4 Å². The number of benzene rings is 3. The fraction of sp³-hybridized carbons (Fsp3) is 0.382. The van der Waals surface area contributed by atoms with Gasteiger partial charge in [-0.05, 0) is 72.0 Å². The molecular weight excluding hydrogens is 530 g/mol. The van der Waals surface area contributed by atoms with E-state index in [0.717, 1.165) is 78.6 Å². The minimum atomic E-state index is -0.0117. The third-order valence-corrected chi connectivity index (χ3v) is 7.93. The Labute approximate surface area is 248 Å². The monoisotopic (exact) mass is 571 g/mol.